The summed E-state index contributed by atoms with van der Waals surface area (Å²) in [5, 5.41) is 0.209. The molecule has 4 nitrogen and oxygen atoms in total. The highest BCUT2D eigenvalue weighted by atomic mass is 127. The van der Waals surface area contributed by atoms with E-state index in [1.807, 2.05) is 22.6 Å². The minimum atomic E-state index is -0.533. The van der Waals surface area contributed by atoms with Gasteiger partial charge in [-0.2, -0.15) is 0 Å². The quantitative estimate of drug-likeness (QED) is 0.628. The van der Waals surface area contributed by atoms with Gasteiger partial charge < -0.3 is 9.72 Å². The summed E-state index contributed by atoms with van der Waals surface area (Å²) in [6.07, 6.45) is 0. The van der Waals surface area contributed by atoms with Crippen molar-refractivity contribution in [1.82, 2.24) is 9.97 Å². The number of methoxy groups -OCH3 is 1. The van der Waals surface area contributed by atoms with E-state index in [-0.39, 0.29) is 10.8 Å². The number of halogens is 2. The molecule has 6 heteroatoms. The normalized spacial score (nSPS) is 9.73. The molecular weight excluding hydrogens is 282 g/mol. The lowest BCUT2D eigenvalue weighted by molar-refractivity contribution is 0.0595. The summed E-state index contributed by atoms with van der Waals surface area (Å²) in [7, 11) is 1.28. The van der Waals surface area contributed by atoms with Crippen LogP contribution in [0.15, 0.2) is 0 Å². The molecule has 1 rings (SSSR count). The Bertz CT molecular complexity index is 286. The van der Waals surface area contributed by atoms with Gasteiger partial charge in [0, 0.05) is 0 Å². The van der Waals surface area contributed by atoms with Crippen molar-refractivity contribution in [3.8, 4) is 0 Å². The van der Waals surface area contributed by atoms with Crippen LogP contribution in [0, 0.1) is 3.83 Å². The molecule has 11 heavy (non-hydrogen) atoms. The van der Waals surface area contributed by atoms with Gasteiger partial charge in [0.1, 0.15) is 5.15 Å². The molecule has 0 bridgehead atoms. The van der Waals surface area contributed by atoms with Crippen LogP contribution in [-0.4, -0.2) is 23.0 Å². The van der Waals surface area contributed by atoms with Gasteiger partial charge in [-0.3, -0.25) is 0 Å². The summed E-state index contributed by atoms with van der Waals surface area (Å²) in [5.41, 5.74) is 0.124. The molecule has 1 aromatic rings. The highest BCUT2D eigenvalue weighted by Gasteiger charge is 2.14. The standard InChI is InChI=1S/C5H4ClIN2O2/c1-11-4(10)2-3(6)9-5(7)8-2/h1H3,(H,8,9). The topological polar surface area (TPSA) is 55.0 Å². The second-order valence-corrected chi connectivity index (χ2v) is 3.08. The largest absolute Gasteiger partial charge is 0.464 e. The number of H-pyrrole nitrogens is 1. The van der Waals surface area contributed by atoms with Gasteiger partial charge in [-0.25, -0.2) is 9.78 Å². The zero-order valence-electron chi connectivity index (χ0n) is 5.52. The molecule has 0 fully saturated rings. The van der Waals surface area contributed by atoms with E-state index in [1.165, 1.54) is 7.11 Å². The van der Waals surface area contributed by atoms with Crippen LogP contribution in [0.3, 0.4) is 0 Å². The second-order valence-electron chi connectivity index (χ2n) is 1.68. The van der Waals surface area contributed by atoms with Crippen molar-refractivity contribution < 1.29 is 9.53 Å². The fraction of sp³-hybridized carbons (Fsp3) is 0.200. The molecule has 0 unspecified atom stereocenters. The van der Waals surface area contributed by atoms with Gasteiger partial charge in [0.05, 0.1) is 7.11 Å². The van der Waals surface area contributed by atoms with Crippen LogP contribution in [0.1, 0.15) is 10.5 Å². The van der Waals surface area contributed by atoms with Crippen LogP contribution in [0.25, 0.3) is 0 Å². The lowest BCUT2D eigenvalue weighted by atomic mass is 10.5. The van der Waals surface area contributed by atoms with E-state index in [1.54, 1.807) is 0 Å². The molecule has 1 N–H and O–H groups in total. The molecule has 0 spiro atoms. The third kappa shape index (κ3) is 1.84. The van der Waals surface area contributed by atoms with Crippen molar-refractivity contribution in [3.05, 3.63) is 14.7 Å². The Labute approximate surface area is 81.4 Å². The summed E-state index contributed by atoms with van der Waals surface area (Å²) < 4.78 is 4.98. The molecule has 0 atom stereocenters. The Morgan fingerprint density at radius 2 is 2.45 bits per heavy atom. The first-order valence-corrected chi connectivity index (χ1v) is 4.10. The average Bonchev–Trinajstić information content (AvgIpc) is 2.28. The first-order valence-electron chi connectivity index (χ1n) is 2.64. The van der Waals surface area contributed by atoms with Gasteiger partial charge in [-0.15, -0.1) is 0 Å². The molecule has 0 aliphatic carbocycles. The Morgan fingerprint density at radius 1 is 1.82 bits per heavy atom. The number of carbonyl (C=O) groups excluding carboxylic acids is 1. The fourth-order valence-corrected chi connectivity index (χ4v) is 1.44. The Balaban J connectivity index is 3.03. The summed E-state index contributed by atoms with van der Waals surface area (Å²) in [6, 6.07) is 0. The average molecular weight is 286 g/mol. The van der Waals surface area contributed by atoms with Gasteiger partial charge in [0.25, 0.3) is 0 Å². The summed E-state index contributed by atoms with van der Waals surface area (Å²) in [5.74, 6) is -0.533. The molecule has 60 valence electrons. The zero-order chi connectivity index (χ0) is 8.43. The SMILES string of the molecule is COC(=O)c1nc(I)[nH]c1Cl. The maximum atomic E-state index is 10.9. The Hall–Kier alpha value is -0.300. The number of hydrogen-bond donors (Lipinski definition) is 1. The molecular formula is C5H4ClIN2O2. The van der Waals surface area contributed by atoms with Crippen LogP contribution < -0.4 is 0 Å². The maximum absolute atomic E-state index is 10.9. The highest BCUT2D eigenvalue weighted by Crippen LogP contribution is 2.14. The molecule has 0 amide bonds. The van der Waals surface area contributed by atoms with Crippen molar-refractivity contribution in [2.45, 2.75) is 0 Å². The summed E-state index contributed by atoms with van der Waals surface area (Å²) in [6.45, 7) is 0. The van der Waals surface area contributed by atoms with E-state index < -0.39 is 5.97 Å². The first kappa shape index (κ1) is 8.79. The number of nitrogens with one attached hydrogen (secondary N) is 1. The van der Waals surface area contributed by atoms with Crippen molar-refractivity contribution >= 4 is 40.2 Å². The summed E-state index contributed by atoms with van der Waals surface area (Å²) >= 11 is 7.51. The fourth-order valence-electron chi connectivity index (χ4n) is 0.557. The predicted octanol–water partition coefficient (Wildman–Crippen LogP) is 1.45. The van der Waals surface area contributed by atoms with Crippen LogP contribution in [0.5, 0.6) is 0 Å². The molecule has 0 aliphatic rings. The minimum absolute atomic E-state index is 0.124. The number of ether oxygens (including phenoxy) is 1. The monoisotopic (exact) mass is 286 g/mol. The van der Waals surface area contributed by atoms with E-state index in [4.69, 9.17) is 11.6 Å². The third-order valence-corrected chi connectivity index (χ3v) is 1.79. The highest BCUT2D eigenvalue weighted by molar-refractivity contribution is 14.1. The van der Waals surface area contributed by atoms with E-state index in [0.717, 1.165) is 0 Å². The molecule has 1 aromatic heterocycles. The van der Waals surface area contributed by atoms with Crippen molar-refractivity contribution in [2.75, 3.05) is 7.11 Å². The molecule has 0 saturated carbocycles. The number of aromatic nitrogens is 2. The maximum Gasteiger partial charge on any atom is 0.359 e. The zero-order valence-corrected chi connectivity index (χ0v) is 8.43. The van der Waals surface area contributed by atoms with Gasteiger partial charge in [-0.1, -0.05) is 11.6 Å². The summed E-state index contributed by atoms with van der Waals surface area (Å²) in [4.78, 5) is 17.3. The van der Waals surface area contributed by atoms with Crippen molar-refractivity contribution in [2.24, 2.45) is 0 Å². The van der Waals surface area contributed by atoms with Crippen LogP contribution >= 0.6 is 34.2 Å². The number of imidazole rings is 1. The molecule has 1 heterocycles. The lowest BCUT2D eigenvalue weighted by Gasteiger charge is -1.91. The number of carbonyl (C=O) groups is 1. The second kappa shape index (κ2) is 3.40. The Morgan fingerprint density at radius 3 is 2.82 bits per heavy atom. The van der Waals surface area contributed by atoms with Crippen LogP contribution in [-0.2, 0) is 4.74 Å². The van der Waals surface area contributed by atoms with Crippen molar-refractivity contribution in [1.29, 1.82) is 0 Å². The van der Waals surface area contributed by atoms with E-state index in [2.05, 4.69) is 14.7 Å². The number of esters is 1. The van der Waals surface area contributed by atoms with Gasteiger partial charge in [0.15, 0.2) is 9.53 Å². The Kier molecular flexibility index (Phi) is 2.72. The molecule has 0 aliphatic heterocycles. The number of aromatic amines is 1. The smallest absolute Gasteiger partial charge is 0.359 e. The number of rotatable bonds is 1. The van der Waals surface area contributed by atoms with E-state index >= 15 is 0 Å². The molecule has 0 saturated heterocycles. The number of nitrogens with zero attached hydrogens (tertiary/aromatic N) is 1. The van der Waals surface area contributed by atoms with Gasteiger partial charge >= 0.3 is 5.97 Å². The van der Waals surface area contributed by atoms with E-state index in [0.29, 0.717) is 3.83 Å². The molecule has 0 radical (unpaired) electrons. The van der Waals surface area contributed by atoms with Gasteiger partial charge in [-0.05, 0) is 22.6 Å². The van der Waals surface area contributed by atoms with Gasteiger partial charge in [0.2, 0.25) is 0 Å². The van der Waals surface area contributed by atoms with Crippen LogP contribution in [0.2, 0.25) is 5.15 Å². The van der Waals surface area contributed by atoms with Crippen molar-refractivity contribution in [3.63, 3.8) is 0 Å². The minimum Gasteiger partial charge on any atom is -0.464 e. The predicted molar refractivity (Wildman–Crippen MR) is 47.7 cm³/mol. The lowest BCUT2D eigenvalue weighted by Crippen LogP contribution is -2.01. The first-order chi connectivity index (χ1) is 5.15. The number of hydrogen-bond acceptors (Lipinski definition) is 3. The van der Waals surface area contributed by atoms with Crippen LogP contribution in [0.4, 0.5) is 0 Å². The van der Waals surface area contributed by atoms with E-state index in [9.17, 15) is 4.79 Å². The third-order valence-electron chi connectivity index (χ3n) is 1.01. The molecule has 0 aromatic carbocycles.